The SMILES string of the molecule is CC(=O)CN(c1ccc(C)c(C)c1)S(C)(=O)=O. The van der Waals surface area contributed by atoms with Crippen LogP contribution in [0.2, 0.25) is 0 Å². The molecule has 17 heavy (non-hydrogen) atoms. The van der Waals surface area contributed by atoms with Crippen molar-refractivity contribution in [3.8, 4) is 0 Å². The standard InChI is InChI=1S/C12H17NO3S/c1-9-5-6-12(7-10(9)2)13(8-11(3)14)17(4,15)16/h5-7H,8H2,1-4H3. The Balaban J connectivity index is 3.22. The first kappa shape index (κ1) is 13.7. The molecule has 0 spiro atoms. The number of hydrogen-bond donors (Lipinski definition) is 0. The highest BCUT2D eigenvalue weighted by atomic mass is 32.2. The Kier molecular flexibility index (Phi) is 3.93. The molecule has 0 aliphatic carbocycles. The Morgan fingerprint density at radius 2 is 1.82 bits per heavy atom. The van der Waals surface area contributed by atoms with Crippen molar-refractivity contribution in [2.75, 3.05) is 17.1 Å². The van der Waals surface area contributed by atoms with E-state index in [0.717, 1.165) is 21.7 Å². The molecule has 0 radical (unpaired) electrons. The van der Waals surface area contributed by atoms with Gasteiger partial charge in [-0.2, -0.15) is 0 Å². The zero-order chi connectivity index (χ0) is 13.2. The van der Waals surface area contributed by atoms with Gasteiger partial charge in [0, 0.05) is 0 Å². The molecule has 0 aliphatic heterocycles. The zero-order valence-corrected chi connectivity index (χ0v) is 11.3. The van der Waals surface area contributed by atoms with Crippen molar-refractivity contribution in [1.29, 1.82) is 0 Å². The number of rotatable bonds is 4. The third kappa shape index (κ3) is 3.56. The highest BCUT2D eigenvalue weighted by molar-refractivity contribution is 7.92. The minimum absolute atomic E-state index is 0.124. The van der Waals surface area contributed by atoms with Gasteiger partial charge in [0.1, 0.15) is 5.78 Å². The number of anilines is 1. The topological polar surface area (TPSA) is 54.5 Å². The molecule has 0 N–H and O–H groups in total. The lowest BCUT2D eigenvalue weighted by Gasteiger charge is -2.21. The first-order valence-corrected chi connectivity index (χ1v) is 7.11. The van der Waals surface area contributed by atoms with Crippen molar-refractivity contribution < 1.29 is 13.2 Å². The van der Waals surface area contributed by atoms with E-state index in [0.29, 0.717) is 5.69 Å². The lowest BCUT2D eigenvalue weighted by atomic mass is 10.1. The van der Waals surface area contributed by atoms with Crippen LogP contribution in [0.5, 0.6) is 0 Å². The molecule has 0 unspecified atom stereocenters. The fourth-order valence-corrected chi connectivity index (χ4v) is 2.40. The van der Waals surface area contributed by atoms with Crippen LogP contribution in [0.15, 0.2) is 18.2 Å². The van der Waals surface area contributed by atoms with Crippen LogP contribution in [0.25, 0.3) is 0 Å². The number of nitrogens with zero attached hydrogens (tertiary/aromatic N) is 1. The van der Waals surface area contributed by atoms with E-state index in [2.05, 4.69) is 0 Å². The lowest BCUT2D eigenvalue weighted by molar-refractivity contribution is -0.115. The molecule has 1 aromatic rings. The molecule has 94 valence electrons. The van der Waals surface area contributed by atoms with Crippen molar-refractivity contribution >= 4 is 21.5 Å². The number of Topliss-reactive ketones (excluding diaryl/α,β-unsaturated/α-hetero) is 1. The highest BCUT2D eigenvalue weighted by Gasteiger charge is 2.19. The molecule has 0 aliphatic rings. The number of aryl methyl sites for hydroxylation is 2. The Labute approximate surface area is 102 Å². The Hall–Kier alpha value is -1.36. The monoisotopic (exact) mass is 255 g/mol. The molecular formula is C12H17NO3S. The minimum Gasteiger partial charge on any atom is -0.298 e. The molecule has 0 saturated heterocycles. The Morgan fingerprint density at radius 3 is 2.24 bits per heavy atom. The van der Waals surface area contributed by atoms with Crippen molar-refractivity contribution in [3.05, 3.63) is 29.3 Å². The van der Waals surface area contributed by atoms with E-state index in [9.17, 15) is 13.2 Å². The van der Waals surface area contributed by atoms with Gasteiger partial charge in [0.05, 0.1) is 18.5 Å². The predicted octanol–water partition coefficient (Wildman–Crippen LogP) is 1.66. The van der Waals surface area contributed by atoms with Crippen molar-refractivity contribution in [2.45, 2.75) is 20.8 Å². The maximum absolute atomic E-state index is 11.6. The maximum atomic E-state index is 11.6. The van der Waals surface area contributed by atoms with E-state index in [4.69, 9.17) is 0 Å². The molecule has 1 aromatic carbocycles. The number of benzene rings is 1. The van der Waals surface area contributed by atoms with Crippen LogP contribution in [0.3, 0.4) is 0 Å². The Morgan fingerprint density at radius 1 is 1.24 bits per heavy atom. The van der Waals surface area contributed by atoms with Crippen LogP contribution in [0.1, 0.15) is 18.1 Å². The van der Waals surface area contributed by atoms with E-state index >= 15 is 0 Å². The second-order valence-electron chi connectivity index (χ2n) is 4.24. The summed E-state index contributed by atoms with van der Waals surface area (Å²) >= 11 is 0. The average molecular weight is 255 g/mol. The van der Waals surface area contributed by atoms with Crippen LogP contribution in [-0.4, -0.2) is 27.0 Å². The summed E-state index contributed by atoms with van der Waals surface area (Å²) in [6.07, 6.45) is 1.10. The van der Waals surface area contributed by atoms with Gasteiger partial charge in [-0.15, -0.1) is 0 Å². The fraction of sp³-hybridized carbons (Fsp3) is 0.417. The third-order valence-electron chi connectivity index (χ3n) is 2.55. The first-order chi connectivity index (χ1) is 7.71. The van der Waals surface area contributed by atoms with Gasteiger partial charge in [0.25, 0.3) is 0 Å². The summed E-state index contributed by atoms with van der Waals surface area (Å²) in [5.74, 6) is -0.186. The predicted molar refractivity (Wildman–Crippen MR) is 68.8 cm³/mol. The molecule has 0 atom stereocenters. The number of hydrogen-bond acceptors (Lipinski definition) is 3. The zero-order valence-electron chi connectivity index (χ0n) is 10.5. The molecule has 0 amide bonds. The summed E-state index contributed by atoms with van der Waals surface area (Å²) < 4.78 is 24.4. The first-order valence-electron chi connectivity index (χ1n) is 5.26. The lowest BCUT2D eigenvalue weighted by Crippen LogP contribution is -2.34. The number of sulfonamides is 1. The van der Waals surface area contributed by atoms with Crippen LogP contribution < -0.4 is 4.31 Å². The van der Waals surface area contributed by atoms with Crippen LogP contribution in [0, 0.1) is 13.8 Å². The molecule has 0 fully saturated rings. The molecule has 5 heteroatoms. The molecule has 1 rings (SSSR count). The van der Waals surface area contributed by atoms with Crippen LogP contribution >= 0.6 is 0 Å². The van der Waals surface area contributed by atoms with Gasteiger partial charge in [0.15, 0.2) is 0 Å². The summed E-state index contributed by atoms with van der Waals surface area (Å²) in [5.41, 5.74) is 2.62. The molecule has 0 heterocycles. The third-order valence-corrected chi connectivity index (χ3v) is 3.69. The van der Waals surface area contributed by atoms with Gasteiger partial charge in [-0.3, -0.25) is 9.10 Å². The van der Waals surface area contributed by atoms with Gasteiger partial charge in [-0.1, -0.05) is 6.07 Å². The number of carbonyl (C=O) groups excluding carboxylic acids is 1. The van der Waals surface area contributed by atoms with Crippen molar-refractivity contribution in [1.82, 2.24) is 0 Å². The summed E-state index contributed by atoms with van der Waals surface area (Å²) in [6.45, 7) is 5.11. The van der Waals surface area contributed by atoms with Gasteiger partial charge in [0.2, 0.25) is 10.0 Å². The fourth-order valence-electron chi connectivity index (χ4n) is 1.48. The van der Waals surface area contributed by atoms with Crippen LogP contribution in [-0.2, 0) is 14.8 Å². The van der Waals surface area contributed by atoms with Gasteiger partial charge in [-0.05, 0) is 44.0 Å². The smallest absolute Gasteiger partial charge is 0.232 e. The number of carbonyl (C=O) groups is 1. The Bertz CT molecular complexity index is 535. The van der Waals surface area contributed by atoms with E-state index in [1.807, 2.05) is 19.9 Å². The van der Waals surface area contributed by atoms with Crippen molar-refractivity contribution in [2.24, 2.45) is 0 Å². The van der Waals surface area contributed by atoms with Gasteiger partial charge >= 0.3 is 0 Å². The van der Waals surface area contributed by atoms with Crippen LogP contribution in [0.4, 0.5) is 5.69 Å². The summed E-state index contributed by atoms with van der Waals surface area (Å²) in [7, 11) is -3.43. The van der Waals surface area contributed by atoms with E-state index < -0.39 is 10.0 Å². The largest absolute Gasteiger partial charge is 0.298 e. The van der Waals surface area contributed by atoms with Gasteiger partial charge in [-0.25, -0.2) is 8.42 Å². The average Bonchev–Trinajstić information content (AvgIpc) is 2.17. The second kappa shape index (κ2) is 4.87. The summed E-state index contributed by atoms with van der Waals surface area (Å²) in [6, 6.07) is 5.34. The summed E-state index contributed by atoms with van der Waals surface area (Å²) in [5, 5.41) is 0. The molecule has 0 saturated carbocycles. The minimum atomic E-state index is -3.43. The molecule has 0 bridgehead atoms. The second-order valence-corrected chi connectivity index (χ2v) is 6.15. The van der Waals surface area contributed by atoms with Gasteiger partial charge < -0.3 is 0 Å². The quantitative estimate of drug-likeness (QED) is 0.822. The molecular weight excluding hydrogens is 238 g/mol. The van der Waals surface area contributed by atoms with E-state index in [1.54, 1.807) is 12.1 Å². The van der Waals surface area contributed by atoms with E-state index in [-0.39, 0.29) is 12.3 Å². The molecule has 4 nitrogen and oxygen atoms in total. The number of ketones is 1. The molecule has 0 aromatic heterocycles. The highest BCUT2D eigenvalue weighted by Crippen LogP contribution is 2.20. The summed E-state index contributed by atoms with van der Waals surface area (Å²) in [4.78, 5) is 11.1. The normalized spacial score (nSPS) is 11.3. The van der Waals surface area contributed by atoms with E-state index in [1.165, 1.54) is 6.92 Å². The van der Waals surface area contributed by atoms with Crippen molar-refractivity contribution in [3.63, 3.8) is 0 Å². The maximum Gasteiger partial charge on any atom is 0.232 e.